The number of hydrogen-bond donors (Lipinski definition) is 1. The van der Waals surface area contributed by atoms with Crippen molar-refractivity contribution in [1.82, 2.24) is 0 Å². The monoisotopic (exact) mass is 473 g/mol. The first-order valence-electron chi connectivity index (χ1n) is 1.41. The van der Waals surface area contributed by atoms with Gasteiger partial charge in [0.25, 0.3) is 0 Å². The molecule has 2 N–H and O–H groups in total. The molecule has 0 unspecified atom stereocenters. The van der Waals surface area contributed by atoms with E-state index in [1.54, 1.807) is 0 Å². The Morgan fingerprint density at radius 3 is 1.15 bits per heavy atom. The molecule has 0 amide bonds. The van der Waals surface area contributed by atoms with Crippen molar-refractivity contribution < 1.29 is 59.3 Å². The van der Waals surface area contributed by atoms with Crippen LogP contribution in [0.1, 0.15) is 0 Å². The van der Waals surface area contributed by atoms with E-state index in [2.05, 4.69) is 0 Å². The largest absolute Gasteiger partial charge is 3.00 e. The minimum atomic E-state index is -5.17. The van der Waals surface area contributed by atoms with Crippen LogP contribution in [0.15, 0.2) is 0 Å². The molecule has 0 saturated heterocycles. The van der Waals surface area contributed by atoms with E-state index in [0.717, 1.165) is 0 Å². The van der Waals surface area contributed by atoms with Crippen LogP contribution in [0.25, 0.3) is 0 Å². The zero-order valence-corrected chi connectivity index (χ0v) is 12.2. The summed E-state index contributed by atoms with van der Waals surface area (Å²) in [7, 11) is -10.3. The van der Waals surface area contributed by atoms with Crippen molar-refractivity contribution in [1.29, 1.82) is 0 Å². The van der Waals surface area contributed by atoms with Gasteiger partial charge in [0.15, 0.2) is 0 Å². The van der Waals surface area contributed by atoms with Gasteiger partial charge in [0.2, 0.25) is 0 Å². The van der Waals surface area contributed by atoms with Crippen molar-refractivity contribution in [2.24, 2.45) is 0 Å². The van der Waals surface area contributed by atoms with Crippen LogP contribution in [0, 0.1) is 0 Å². The van der Waals surface area contributed by atoms with Gasteiger partial charge < -0.3 is 33.8 Å². The zero-order valence-electron chi connectivity index (χ0n) is 5.46. The molecule has 9 nitrogen and oxygen atoms in total. The van der Waals surface area contributed by atoms with E-state index < -0.39 is 18.2 Å². The standard InChI is InChI=1S/Fe.H3O4P.H2O4S.H2O.Pb/c;2*1-5(2,3)4;;/h;(H3,1,2,3,4);(H2,1,2,3,4);1H2;/q+3;;;;+2/p-5. The quantitative estimate of drug-likeness (QED) is 0.158. The summed E-state index contributed by atoms with van der Waals surface area (Å²) >= 11 is 0. The van der Waals surface area contributed by atoms with E-state index in [1.165, 1.54) is 0 Å². The van der Waals surface area contributed by atoms with Crippen molar-refractivity contribution in [3.63, 3.8) is 0 Å². The molecular formula is H2FeO9PPbS. The molecule has 0 aliphatic heterocycles. The van der Waals surface area contributed by atoms with Crippen LogP contribution in [0.2, 0.25) is 0 Å². The molecule has 3 radical (unpaired) electrons. The first kappa shape index (κ1) is 29.3. The summed E-state index contributed by atoms with van der Waals surface area (Å²) in [5, 5.41) is 0. The molecule has 13 heteroatoms. The van der Waals surface area contributed by atoms with Crippen molar-refractivity contribution >= 4 is 45.5 Å². The number of hydrogen-bond acceptors (Lipinski definition) is 8. The second-order valence-electron chi connectivity index (χ2n) is 0.877. The SMILES string of the molecule is O=P([O-])([O-])O.O=S(=O)([O-])[O-].[Fe+3].[OH-].[Pb+2]. The van der Waals surface area contributed by atoms with Crippen molar-refractivity contribution in [2.75, 3.05) is 0 Å². The number of phosphoric acid groups is 1. The predicted octanol–water partition coefficient (Wildman–Crippen LogP) is -4.09. The third-order valence-electron chi connectivity index (χ3n) is 0. The summed E-state index contributed by atoms with van der Waals surface area (Å²) in [4.78, 5) is 24.3. The Labute approximate surface area is 104 Å². The van der Waals surface area contributed by atoms with Gasteiger partial charge in [-0.05, 0) is 0 Å². The normalized spacial score (nSPS) is 9.00. The topological polar surface area (TPSA) is 194 Å². The van der Waals surface area contributed by atoms with Gasteiger partial charge in [0.05, 0.1) is 7.82 Å². The molecule has 0 fully saturated rings. The average molecular weight is 472 g/mol. The average Bonchev–Trinajstić information content (AvgIpc) is 1.12. The van der Waals surface area contributed by atoms with Crippen LogP contribution in [0.5, 0.6) is 0 Å². The van der Waals surface area contributed by atoms with E-state index in [4.69, 9.17) is 36.8 Å². The Bertz CT molecular complexity index is 198. The summed E-state index contributed by atoms with van der Waals surface area (Å²) in [6, 6.07) is 0. The second-order valence-corrected chi connectivity index (χ2v) is 2.63. The van der Waals surface area contributed by atoms with Crippen LogP contribution < -0.4 is 9.79 Å². The maximum Gasteiger partial charge on any atom is 3.00 e. The van der Waals surface area contributed by atoms with Gasteiger partial charge in [-0.25, -0.2) is 0 Å². The fraction of sp³-hybridized carbons (Fsp3) is 0. The van der Waals surface area contributed by atoms with Gasteiger partial charge in [-0.3, -0.25) is 8.42 Å². The van der Waals surface area contributed by atoms with Gasteiger partial charge in [-0.1, -0.05) is 0 Å². The first-order valence-corrected chi connectivity index (χ1v) is 4.24. The van der Waals surface area contributed by atoms with Gasteiger partial charge in [0.1, 0.15) is 0 Å². The summed E-state index contributed by atoms with van der Waals surface area (Å²) in [6.07, 6.45) is 0. The molecule has 0 aromatic heterocycles. The molecule has 0 spiro atoms. The molecule has 0 bridgehead atoms. The van der Waals surface area contributed by atoms with Crippen LogP contribution in [0.3, 0.4) is 0 Å². The van der Waals surface area contributed by atoms with Crippen molar-refractivity contribution in [3.05, 3.63) is 0 Å². The maximum absolute atomic E-state index is 8.66. The molecule has 0 rings (SSSR count). The maximum atomic E-state index is 8.66. The van der Waals surface area contributed by atoms with E-state index in [-0.39, 0.29) is 49.8 Å². The van der Waals surface area contributed by atoms with E-state index >= 15 is 0 Å². The molecule has 0 aromatic carbocycles. The van der Waals surface area contributed by atoms with Crippen LogP contribution in [-0.2, 0) is 32.0 Å². The Balaban J connectivity index is -0.0000000267. The van der Waals surface area contributed by atoms with Crippen LogP contribution in [0.4, 0.5) is 0 Å². The number of rotatable bonds is 0. The van der Waals surface area contributed by atoms with Crippen LogP contribution in [-0.4, -0.2) is 55.2 Å². The summed E-state index contributed by atoms with van der Waals surface area (Å²) in [5.74, 6) is 0. The summed E-state index contributed by atoms with van der Waals surface area (Å²) < 4.78 is 42.7. The molecule has 0 aromatic rings. The Hall–Kier alpha value is 1.38. The van der Waals surface area contributed by atoms with Gasteiger partial charge >= 0.3 is 44.4 Å². The molecule has 0 heterocycles. The fourth-order valence-corrected chi connectivity index (χ4v) is 0. The molecule has 0 atom stereocenters. The Morgan fingerprint density at radius 2 is 1.15 bits per heavy atom. The third-order valence-corrected chi connectivity index (χ3v) is 0. The second kappa shape index (κ2) is 11.5. The first-order chi connectivity index (χ1) is 4.00. The molecule has 79 valence electrons. The minimum Gasteiger partial charge on any atom is -0.870 e. The summed E-state index contributed by atoms with van der Waals surface area (Å²) in [5.41, 5.74) is 0. The van der Waals surface area contributed by atoms with Crippen LogP contribution >= 0.6 is 7.82 Å². The van der Waals surface area contributed by atoms with Gasteiger partial charge in [-0.15, -0.1) is 0 Å². The van der Waals surface area contributed by atoms with Crippen molar-refractivity contribution in [2.45, 2.75) is 0 Å². The summed E-state index contributed by atoms with van der Waals surface area (Å²) in [6.45, 7) is 0. The fourth-order valence-electron chi connectivity index (χ4n) is 0. The van der Waals surface area contributed by atoms with E-state index in [1.807, 2.05) is 0 Å². The molecule has 0 aliphatic rings. The van der Waals surface area contributed by atoms with Crippen molar-refractivity contribution in [3.8, 4) is 0 Å². The van der Waals surface area contributed by atoms with Gasteiger partial charge in [0, 0.05) is 10.4 Å². The molecule has 0 saturated carbocycles. The zero-order chi connectivity index (χ0) is 9.00. The molecule has 13 heavy (non-hydrogen) atoms. The van der Waals surface area contributed by atoms with E-state index in [0.29, 0.717) is 0 Å². The van der Waals surface area contributed by atoms with E-state index in [9.17, 15) is 0 Å². The molecule has 0 aliphatic carbocycles. The third kappa shape index (κ3) is 908. The Morgan fingerprint density at radius 1 is 1.15 bits per heavy atom. The predicted molar refractivity (Wildman–Crippen MR) is 28.0 cm³/mol. The smallest absolute Gasteiger partial charge is 0.870 e. The molecular weight excluding hydrogens is 470 g/mol. The minimum absolute atomic E-state index is 0. The Kier molecular flexibility index (Phi) is 25.8. The van der Waals surface area contributed by atoms with Gasteiger partial charge in [-0.2, -0.15) is 0 Å².